The van der Waals surface area contributed by atoms with Gasteiger partial charge in [-0.15, -0.1) is 0 Å². The van der Waals surface area contributed by atoms with Gasteiger partial charge < -0.3 is 9.52 Å². The Hall–Kier alpha value is -3.74. The molecule has 7 nitrogen and oxygen atoms in total. The molecule has 0 radical (unpaired) electrons. The smallest absolute Gasteiger partial charge is 0.336 e. The Morgan fingerprint density at radius 2 is 1.84 bits per heavy atom. The highest BCUT2D eigenvalue weighted by atomic mass is 16.4. The van der Waals surface area contributed by atoms with Crippen molar-refractivity contribution in [1.82, 2.24) is 10.4 Å². The third-order valence-electron chi connectivity index (χ3n) is 3.35. The Morgan fingerprint density at radius 3 is 2.60 bits per heavy atom. The largest absolute Gasteiger partial charge is 0.478 e. The summed E-state index contributed by atoms with van der Waals surface area (Å²) in [6.07, 6.45) is 4.36. The number of carbonyl (C=O) groups excluding carboxylic acids is 1. The number of carbonyl (C=O) groups is 2. The van der Waals surface area contributed by atoms with Gasteiger partial charge in [0.15, 0.2) is 0 Å². The van der Waals surface area contributed by atoms with E-state index in [9.17, 15) is 14.7 Å². The zero-order valence-electron chi connectivity index (χ0n) is 12.9. The van der Waals surface area contributed by atoms with Crippen molar-refractivity contribution < 1.29 is 19.1 Å². The highest BCUT2D eigenvalue weighted by Crippen LogP contribution is 2.25. The first-order valence-electron chi connectivity index (χ1n) is 7.31. The van der Waals surface area contributed by atoms with Crippen LogP contribution >= 0.6 is 0 Å². The maximum atomic E-state index is 11.8. The van der Waals surface area contributed by atoms with Gasteiger partial charge in [0, 0.05) is 23.5 Å². The summed E-state index contributed by atoms with van der Waals surface area (Å²) in [5, 5.41) is 13.1. The predicted octanol–water partition coefficient (Wildman–Crippen LogP) is 2.80. The summed E-state index contributed by atoms with van der Waals surface area (Å²) in [6, 6.07) is 13.0. The Balaban J connectivity index is 1.72. The second-order valence-corrected chi connectivity index (χ2v) is 4.99. The molecule has 0 unspecified atom stereocenters. The third-order valence-corrected chi connectivity index (χ3v) is 3.35. The van der Waals surface area contributed by atoms with Crippen molar-refractivity contribution in [2.24, 2.45) is 5.10 Å². The van der Waals surface area contributed by atoms with Gasteiger partial charge in [0.25, 0.3) is 5.91 Å². The molecule has 0 fully saturated rings. The molecule has 2 heterocycles. The highest BCUT2D eigenvalue weighted by Gasteiger charge is 2.13. The molecule has 124 valence electrons. The minimum Gasteiger partial charge on any atom is -0.478 e. The van der Waals surface area contributed by atoms with Crippen LogP contribution in [-0.2, 0) is 0 Å². The Bertz CT molecular complexity index is 932. The summed E-state index contributed by atoms with van der Waals surface area (Å²) in [5.74, 6) is -0.626. The van der Waals surface area contributed by atoms with Crippen LogP contribution in [0.3, 0.4) is 0 Å². The van der Waals surface area contributed by atoms with Crippen LogP contribution in [0.15, 0.2) is 70.4 Å². The Kier molecular flexibility index (Phi) is 4.66. The van der Waals surface area contributed by atoms with Gasteiger partial charge in [0.05, 0.1) is 11.8 Å². The molecule has 0 saturated heterocycles. The topological polar surface area (TPSA) is 105 Å². The number of pyridine rings is 1. The molecule has 2 N–H and O–H groups in total. The van der Waals surface area contributed by atoms with Gasteiger partial charge >= 0.3 is 5.97 Å². The number of aromatic nitrogens is 1. The van der Waals surface area contributed by atoms with Crippen molar-refractivity contribution in [3.8, 4) is 11.3 Å². The number of nitrogens with zero attached hydrogens (tertiary/aromatic N) is 2. The molecule has 0 aliphatic heterocycles. The van der Waals surface area contributed by atoms with Crippen LogP contribution in [0.25, 0.3) is 11.3 Å². The van der Waals surface area contributed by atoms with Crippen molar-refractivity contribution in [3.63, 3.8) is 0 Å². The molecule has 0 spiro atoms. The highest BCUT2D eigenvalue weighted by molar-refractivity contribution is 5.96. The second kappa shape index (κ2) is 7.22. The van der Waals surface area contributed by atoms with Crippen LogP contribution in [0.4, 0.5) is 0 Å². The molecule has 0 aliphatic rings. The molecule has 0 saturated carbocycles. The van der Waals surface area contributed by atoms with E-state index in [1.807, 2.05) is 0 Å². The summed E-state index contributed by atoms with van der Waals surface area (Å²) >= 11 is 0. The number of amides is 1. The van der Waals surface area contributed by atoms with E-state index in [4.69, 9.17) is 4.42 Å². The lowest BCUT2D eigenvalue weighted by Crippen LogP contribution is -2.17. The molecule has 0 atom stereocenters. The van der Waals surface area contributed by atoms with Crippen LogP contribution in [-0.4, -0.2) is 28.2 Å². The standard InChI is InChI=1S/C18H13N3O4/c22-17(12-7-9-19-10-8-12)21-20-11-13-5-6-16(25-13)14-3-1-2-4-15(14)18(23)24/h1-11H,(H,21,22)(H,23,24)/b20-11+. The van der Waals surface area contributed by atoms with Crippen LogP contribution in [0.2, 0.25) is 0 Å². The molecule has 2 aromatic heterocycles. The van der Waals surface area contributed by atoms with Gasteiger partial charge in [-0.1, -0.05) is 18.2 Å². The van der Waals surface area contributed by atoms with Crippen molar-refractivity contribution >= 4 is 18.1 Å². The first kappa shape index (κ1) is 16.1. The monoisotopic (exact) mass is 335 g/mol. The van der Waals surface area contributed by atoms with E-state index < -0.39 is 5.97 Å². The molecule has 7 heteroatoms. The Morgan fingerprint density at radius 1 is 1.08 bits per heavy atom. The molecule has 25 heavy (non-hydrogen) atoms. The fourth-order valence-electron chi connectivity index (χ4n) is 2.17. The molecule has 3 aromatic rings. The zero-order valence-corrected chi connectivity index (χ0v) is 12.9. The lowest BCUT2D eigenvalue weighted by molar-refractivity contribution is 0.0697. The molecular weight excluding hydrogens is 322 g/mol. The SMILES string of the molecule is O=C(N/N=C/c1ccc(-c2ccccc2C(=O)O)o1)c1ccncc1. The van der Waals surface area contributed by atoms with Crippen LogP contribution in [0.1, 0.15) is 26.5 Å². The lowest BCUT2D eigenvalue weighted by Gasteiger charge is -2.01. The first-order chi connectivity index (χ1) is 12.1. The number of hydrazone groups is 1. The number of benzene rings is 1. The average Bonchev–Trinajstić information content (AvgIpc) is 3.11. The quantitative estimate of drug-likeness (QED) is 0.551. The summed E-state index contributed by atoms with van der Waals surface area (Å²) < 4.78 is 5.57. The maximum Gasteiger partial charge on any atom is 0.336 e. The number of aromatic carboxylic acids is 1. The molecule has 3 rings (SSSR count). The van der Waals surface area contributed by atoms with Crippen molar-refractivity contribution in [3.05, 3.63) is 77.8 Å². The van der Waals surface area contributed by atoms with E-state index in [1.165, 1.54) is 24.7 Å². The van der Waals surface area contributed by atoms with Gasteiger partial charge in [-0.05, 0) is 30.3 Å². The zero-order chi connectivity index (χ0) is 17.6. The third kappa shape index (κ3) is 3.78. The number of hydrogen-bond acceptors (Lipinski definition) is 5. The minimum atomic E-state index is -1.04. The molecular formula is C18H13N3O4. The van der Waals surface area contributed by atoms with Crippen LogP contribution in [0.5, 0.6) is 0 Å². The summed E-state index contributed by atoms with van der Waals surface area (Å²) in [7, 11) is 0. The maximum absolute atomic E-state index is 11.8. The fourth-order valence-corrected chi connectivity index (χ4v) is 2.17. The van der Waals surface area contributed by atoms with E-state index in [0.29, 0.717) is 22.6 Å². The number of carboxylic acids is 1. The summed E-state index contributed by atoms with van der Waals surface area (Å²) in [5.41, 5.74) is 3.42. The van der Waals surface area contributed by atoms with E-state index in [1.54, 1.807) is 42.5 Å². The number of nitrogens with one attached hydrogen (secondary N) is 1. The average molecular weight is 335 g/mol. The van der Waals surface area contributed by atoms with Crippen molar-refractivity contribution in [1.29, 1.82) is 0 Å². The first-order valence-corrected chi connectivity index (χ1v) is 7.31. The summed E-state index contributed by atoms with van der Waals surface area (Å²) in [6.45, 7) is 0. The minimum absolute atomic E-state index is 0.145. The normalized spacial score (nSPS) is 10.7. The number of carboxylic acid groups (broad SMARTS) is 1. The van der Waals surface area contributed by atoms with Gasteiger partial charge in [0.1, 0.15) is 11.5 Å². The second-order valence-electron chi connectivity index (χ2n) is 4.99. The van der Waals surface area contributed by atoms with E-state index in [2.05, 4.69) is 15.5 Å². The van der Waals surface area contributed by atoms with E-state index in [0.717, 1.165) is 0 Å². The number of furan rings is 1. The van der Waals surface area contributed by atoms with E-state index >= 15 is 0 Å². The van der Waals surface area contributed by atoms with Crippen molar-refractivity contribution in [2.45, 2.75) is 0 Å². The summed E-state index contributed by atoms with van der Waals surface area (Å²) in [4.78, 5) is 26.9. The predicted molar refractivity (Wildman–Crippen MR) is 90.4 cm³/mol. The van der Waals surface area contributed by atoms with Gasteiger partial charge in [0.2, 0.25) is 0 Å². The number of hydrogen-bond donors (Lipinski definition) is 2. The lowest BCUT2D eigenvalue weighted by atomic mass is 10.1. The molecule has 1 amide bonds. The van der Waals surface area contributed by atoms with Gasteiger partial charge in [-0.25, -0.2) is 10.2 Å². The van der Waals surface area contributed by atoms with Gasteiger partial charge in [-0.2, -0.15) is 5.10 Å². The molecule has 0 aliphatic carbocycles. The van der Waals surface area contributed by atoms with Crippen LogP contribution in [0, 0.1) is 0 Å². The fraction of sp³-hybridized carbons (Fsp3) is 0. The van der Waals surface area contributed by atoms with Gasteiger partial charge in [-0.3, -0.25) is 9.78 Å². The van der Waals surface area contributed by atoms with Crippen molar-refractivity contribution in [2.75, 3.05) is 0 Å². The Labute approximate surface area is 142 Å². The number of rotatable bonds is 5. The molecule has 0 bridgehead atoms. The molecule has 1 aromatic carbocycles. The van der Waals surface area contributed by atoms with Crippen LogP contribution < -0.4 is 5.43 Å². The van der Waals surface area contributed by atoms with E-state index in [-0.39, 0.29) is 11.5 Å².